The van der Waals surface area contributed by atoms with E-state index < -0.39 is 12.2 Å². The monoisotopic (exact) mass is 343 g/mol. The van der Waals surface area contributed by atoms with Crippen molar-refractivity contribution in [2.45, 2.75) is 57.2 Å². The Kier molecular flexibility index (Phi) is 4.29. The van der Waals surface area contributed by atoms with E-state index in [2.05, 4.69) is 15.5 Å². The average molecular weight is 343 g/mol. The Labute approximate surface area is 145 Å². The third-order valence-corrected chi connectivity index (χ3v) is 4.73. The summed E-state index contributed by atoms with van der Waals surface area (Å²) in [6.07, 6.45) is 4.53. The van der Waals surface area contributed by atoms with E-state index in [1.807, 2.05) is 18.2 Å². The normalized spacial score (nSPS) is 23.2. The zero-order valence-corrected chi connectivity index (χ0v) is 14.1. The van der Waals surface area contributed by atoms with E-state index >= 15 is 0 Å². The van der Waals surface area contributed by atoms with E-state index in [0.29, 0.717) is 23.3 Å². The molecule has 0 bridgehead atoms. The van der Waals surface area contributed by atoms with E-state index in [1.165, 1.54) is 19.3 Å². The molecule has 1 aliphatic carbocycles. The Balaban J connectivity index is 1.43. The fraction of sp³-hybridized carbons (Fsp3) is 0.500. The van der Waals surface area contributed by atoms with E-state index in [9.17, 15) is 4.79 Å². The van der Waals surface area contributed by atoms with Gasteiger partial charge in [-0.05, 0) is 31.9 Å². The van der Waals surface area contributed by atoms with Crippen LogP contribution >= 0.6 is 0 Å². The topological polar surface area (TPSA) is 86.5 Å². The third kappa shape index (κ3) is 3.31. The van der Waals surface area contributed by atoms with Crippen LogP contribution in [-0.2, 0) is 4.79 Å². The number of nitrogens with one attached hydrogen (secondary N) is 1. The van der Waals surface area contributed by atoms with E-state index in [4.69, 9.17) is 13.9 Å². The first-order chi connectivity index (χ1) is 12.2. The number of ether oxygens (including phenoxy) is 2. The number of aromatic nitrogens is 2. The summed E-state index contributed by atoms with van der Waals surface area (Å²) in [5.74, 6) is 1.73. The summed E-state index contributed by atoms with van der Waals surface area (Å²) in [6, 6.07) is 7.39. The Morgan fingerprint density at radius 2 is 1.80 bits per heavy atom. The van der Waals surface area contributed by atoms with Crippen LogP contribution in [0.1, 0.15) is 50.8 Å². The number of fused-ring (bicyclic) bond motifs is 1. The van der Waals surface area contributed by atoms with Crippen LogP contribution < -0.4 is 14.8 Å². The maximum atomic E-state index is 12.5. The smallest absolute Gasteiger partial charge is 0.322 e. The first kappa shape index (κ1) is 15.9. The number of carbonyl (C=O) groups excluding carboxylic acids is 1. The average Bonchev–Trinajstić information content (AvgIpc) is 3.10. The van der Waals surface area contributed by atoms with Crippen molar-refractivity contribution in [2.24, 2.45) is 0 Å². The molecule has 4 rings (SSSR count). The van der Waals surface area contributed by atoms with Crippen molar-refractivity contribution in [2.75, 3.05) is 5.32 Å². The number of benzene rings is 1. The molecule has 1 amide bonds. The molecule has 1 fully saturated rings. The van der Waals surface area contributed by atoms with Crippen LogP contribution in [0.25, 0.3) is 0 Å². The minimum atomic E-state index is -0.778. The molecule has 7 heteroatoms. The largest absolute Gasteiger partial charge is 0.482 e. The molecule has 1 saturated carbocycles. The minimum absolute atomic E-state index is 0.111. The van der Waals surface area contributed by atoms with Gasteiger partial charge in [-0.3, -0.25) is 10.1 Å². The Morgan fingerprint density at radius 3 is 2.56 bits per heavy atom. The van der Waals surface area contributed by atoms with Crippen molar-refractivity contribution in [1.82, 2.24) is 10.2 Å². The molecule has 0 spiro atoms. The van der Waals surface area contributed by atoms with E-state index in [0.717, 1.165) is 12.8 Å². The number of para-hydroxylation sites is 2. The van der Waals surface area contributed by atoms with Gasteiger partial charge in [0.25, 0.3) is 5.91 Å². The lowest BCUT2D eigenvalue weighted by molar-refractivity contribution is -0.128. The highest BCUT2D eigenvalue weighted by atomic mass is 16.6. The number of hydrogen-bond acceptors (Lipinski definition) is 6. The predicted octanol–water partition coefficient (Wildman–Crippen LogP) is 3.28. The van der Waals surface area contributed by atoms with Gasteiger partial charge >= 0.3 is 6.01 Å². The van der Waals surface area contributed by atoms with E-state index in [1.54, 1.807) is 13.0 Å². The maximum absolute atomic E-state index is 12.5. The molecule has 0 unspecified atom stereocenters. The lowest BCUT2D eigenvalue weighted by Gasteiger charge is -2.30. The molecular weight excluding hydrogens is 322 g/mol. The van der Waals surface area contributed by atoms with Gasteiger partial charge in [0.1, 0.15) is 6.10 Å². The highest BCUT2D eigenvalue weighted by molar-refractivity contribution is 5.93. The summed E-state index contributed by atoms with van der Waals surface area (Å²) in [6.45, 7) is 1.79. The van der Waals surface area contributed by atoms with Crippen molar-refractivity contribution in [3.63, 3.8) is 0 Å². The zero-order valence-electron chi connectivity index (χ0n) is 14.1. The van der Waals surface area contributed by atoms with Crippen LogP contribution in [0.3, 0.4) is 0 Å². The number of amides is 1. The third-order valence-electron chi connectivity index (χ3n) is 4.73. The Bertz CT molecular complexity index is 754. The predicted molar refractivity (Wildman–Crippen MR) is 89.7 cm³/mol. The second-order valence-electron chi connectivity index (χ2n) is 6.58. The summed E-state index contributed by atoms with van der Waals surface area (Å²) in [7, 11) is 0. The van der Waals surface area contributed by atoms with Crippen molar-refractivity contribution in [3.8, 4) is 11.5 Å². The highest BCUT2D eigenvalue weighted by Crippen LogP contribution is 2.34. The van der Waals surface area contributed by atoms with Gasteiger partial charge in [0.05, 0.1) is 0 Å². The fourth-order valence-electron chi connectivity index (χ4n) is 3.38. The van der Waals surface area contributed by atoms with Gasteiger partial charge in [-0.25, -0.2) is 0 Å². The quantitative estimate of drug-likeness (QED) is 0.920. The van der Waals surface area contributed by atoms with Gasteiger partial charge in [0.15, 0.2) is 11.5 Å². The highest BCUT2D eigenvalue weighted by Gasteiger charge is 2.35. The second-order valence-corrected chi connectivity index (χ2v) is 6.58. The van der Waals surface area contributed by atoms with Crippen molar-refractivity contribution in [1.29, 1.82) is 0 Å². The van der Waals surface area contributed by atoms with Crippen LogP contribution in [0.2, 0.25) is 0 Å². The fourth-order valence-corrected chi connectivity index (χ4v) is 3.38. The van der Waals surface area contributed by atoms with Gasteiger partial charge in [-0.1, -0.05) is 36.5 Å². The van der Waals surface area contributed by atoms with E-state index in [-0.39, 0.29) is 11.9 Å². The summed E-state index contributed by atoms with van der Waals surface area (Å²) in [4.78, 5) is 12.5. The standard InChI is InChI=1S/C18H21N3O4/c1-11-15(24-14-10-6-5-9-13(14)23-11)16(22)19-18-21-20-17(25-18)12-7-3-2-4-8-12/h5-6,9-12,15H,2-4,7-8H2,1H3,(H,19,21,22)/t11-,15+/m0/s1. The summed E-state index contributed by atoms with van der Waals surface area (Å²) in [5.41, 5.74) is 0. The number of carbonyl (C=O) groups is 1. The van der Waals surface area contributed by atoms with Crippen LogP contribution in [-0.4, -0.2) is 28.3 Å². The molecule has 0 radical (unpaired) electrons. The van der Waals surface area contributed by atoms with Gasteiger partial charge in [-0.15, -0.1) is 5.10 Å². The maximum Gasteiger partial charge on any atom is 0.322 e. The first-order valence-corrected chi connectivity index (χ1v) is 8.77. The van der Waals surface area contributed by atoms with Crippen molar-refractivity contribution < 1.29 is 18.7 Å². The Morgan fingerprint density at radius 1 is 1.08 bits per heavy atom. The molecule has 0 saturated heterocycles. The molecule has 132 valence electrons. The second kappa shape index (κ2) is 6.74. The van der Waals surface area contributed by atoms with Crippen LogP contribution in [0.5, 0.6) is 11.5 Å². The zero-order chi connectivity index (χ0) is 17.2. The van der Waals surface area contributed by atoms with Crippen molar-refractivity contribution >= 4 is 11.9 Å². The molecule has 2 heterocycles. The van der Waals surface area contributed by atoms with Crippen LogP contribution in [0.15, 0.2) is 28.7 Å². The van der Waals surface area contributed by atoms with Crippen LogP contribution in [0, 0.1) is 0 Å². The van der Waals surface area contributed by atoms with Gasteiger partial charge < -0.3 is 13.9 Å². The summed E-state index contributed by atoms with van der Waals surface area (Å²) >= 11 is 0. The molecule has 1 N–H and O–H groups in total. The molecular formula is C18H21N3O4. The minimum Gasteiger partial charge on any atom is -0.482 e. The van der Waals surface area contributed by atoms with Gasteiger partial charge in [-0.2, -0.15) is 0 Å². The van der Waals surface area contributed by atoms with Crippen molar-refractivity contribution in [3.05, 3.63) is 30.2 Å². The number of rotatable bonds is 3. The molecule has 7 nitrogen and oxygen atoms in total. The molecule has 2 aliphatic rings. The van der Waals surface area contributed by atoms with Gasteiger partial charge in [0, 0.05) is 5.92 Å². The number of hydrogen-bond donors (Lipinski definition) is 1. The summed E-state index contributed by atoms with van der Waals surface area (Å²) in [5, 5.41) is 10.7. The number of anilines is 1. The molecule has 2 atom stereocenters. The molecule has 1 aliphatic heterocycles. The summed E-state index contributed by atoms with van der Waals surface area (Å²) < 4.78 is 17.2. The number of nitrogens with zero attached hydrogens (tertiary/aromatic N) is 2. The molecule has 25 heavy (non-hydrogen) atoms. The lowest BCUT2D eigenvalue weighted by atomic mass is 9.89. The Hall–Kier alpha value is -2.57. The molecule has 1 aromatic carbocycles. The van der Waals surface area contributed by atoms with Gasteiger partial charge in [0.2, 0.25) is 12.0 Å². The molecule has 1 aromatic heterocycles. The van der Waals surface area contributed by atoms with Crippen LogP contribution in [0.4, 0.5) is 6.01 Å². The SMILES string of the molecule is C[C@@H]1Oc2ccccc2O[C@H]1C(=O)Nc1nnc(C2CCCCC2)o1. The lowest BCUT2D eigenvalue weighted by Crippen LogP contribution is -2.46. The first-order valence-electron chi connectivity index (χ1n) is 8.77. The molecule has 2 aromatic rings.